The van der Waals surface area contributed by atoms with Crippen LogP contribution in [0.25, 0.3) is 10.9 Å². The van der Waals surface area contributed by atoms with Crippen LogP contribution < -0.4 is 15.4 Å². The summed E-state index contributed by atoms with van der Waals surface area (Å²) in [6, 6.07) is 7.27. The molecule has 8 heteroatoms. The molecule has 1 aliphatic heterocycles. The average Bonchev–Trinajstić information content (AvgIpc) is 3.08. The van der Waals surface area contributed by atoms with E-state index in [4.69, 9.17) is 0 Å². The number of aromatic amines is 1. The number of aliphatic hydroxyl groups excluding tert-OH is 1. The highest BCUT2D eigenvalue weighted by Crippen LogP contribution is 2.19. The topological polar surface area (TPSA) is 90.3 Å². The van der Waals surface area contributed by atoms with Crippen LogP contribution in [0.4, 0.5) is 11.8 Å². The number of para-hydroxylation sites is 1. The summed E-state index contributed by atoms with van der Waals surface area (Å²) in [4.78, 5) is 24.1. The maximum absolute atomic E-state index is 12.4. The standard InChI is InChI=1S/C17H20N6O2/c1-21-6-5-14(20-21)22-7-9-23(10-8-22)17-18-15-12(11-24)3-2-4-13(15)16(25)19-17/h2-6,24H,7-11H2,1H3,(H,18,19,25). The monoisotopic (exact) mass is 340 g/mol. The predicted molar refractivity (Wildman–Crippen MR) is 95.9 cm³/mol. The number of H-pyrrole nitrogens is 1. The highest BCUT2D eigenvalue weighted by Gasteiger charge is 2.21. The molecule has 8 nitrogen and oxygen atoms in total. The van der Waals surface area contributed by atoms with Crippen molar-refractivity contribution >= 4 is 22.7 Å². The van der Waals surface area contributed by atoms with E-state index in [9.17, 15) is 9.90 Å². The number of aliphatic hydroxyl groups is 1. The van der Waals surface area contributed by atoms with Crippen LogP contribution in [0.1, 0.15) is 5.56 Å². The lowest BCUT2D eigenvalue weighted by molar-refractivity contribution is 0.283. The Labute approximate surface area is 144 Å². The van der Waals surface area contributed by atoms with E-state index in [0.29, 0.717) is 22.4 Å². The second-order valence-electron chi connectivity index (χ2n) is 6.18. The summed E-state index contributed by atoms with van der Waals surface area (Å²) in [7, 11) is 1.90. The fourth-order valence-electron chi connectivity index (χ4n) is 3.21. The molecule has 1 fully saturated rings. The summed E-state index contributed by atoms with van der Waals surface area (Å²) in [5.74, 6) is 1.52. The third-order valence-electron chi connectivity index (χ3n) is 4.58. The molecule has 0 bridgehead atoms. The van der Waals surface area contributed by atoms with E-state index in [1.807, 2.05) is 19.3 Å². The number of anilines is 2. The molecule has 25 heavy (non-hydrogen) atoms. The number of hydrogen-bond acceptors (Lipinski definition) is 6. The first-order chi connectivity index (χ1) is 12.2. The highest BCUT2D eigenvalue weighted by molar-refractivity contribution is 5.81. The third-order valence-corrected chi connectivity index (χ3v) is 4.58. The first kappa shape index (κ1) is 15.6. The maximum atomic E-state index is 12.4. The maximum Gasteiger partial charge on any atom is 0.260 e. The minimum absolute atomic E-state index is 0.138. The zero-order valence-electron chi connectivity index (χ0n) is 14.0. The van der Waals surface area contributed by atoms with Crippen molar-refractivity contribution in [3.8, 4) is 0 Å². The van der Waals surface area contributed by atoms with E-state index >= 15 is 0 Å². The molecule has 0 atom stereocenters. The molecule has 130 valence electrons. The van der Waals surface area contributed by atoms with Crippen LogP contribution >= 0.6 is 0 Å². The predicted octanol–water partition coefficient (Wildman–Crippen LogP) is 0.475. The van der Waals surface area contributed by atoms with Gasteiger partial charge in [-0.3, -0.25) is 14.5 Å². The molecule has 0 radical (unpaired) electrons. The number of aromatic nitrogens is 4. The number of hydrogen-bond donors (Lipinski definition) is 2. The Morgan fingerprint density at radius 2 is 1.92 bits per heavy atom. The molecule has 2 aromatic heterocycles. The van der Waals surface area contributed by atoms with Crippen molar-refractivity contribution in [3.63, 3.8) is 0 Å². The molecular formula is C17H20N6O2. The summed E-state index contributed by atoms with van der Waals surface area (Å²) >= 11 is 0. The third kappa shape index (κ3) is 2.85. The molecule has 0 unspecified atom stereocenters. The molecule has 2 N–H and O–H groups in total. The quantitative estimate of drug-likeness (QED) is 0.721. The summed E-state index contributed by atoms with van der Waals surface area (Å²) in [5.41, 5.74) is 1.05. The molecule has 0 amide bonds. The van der Waals surface area contributed by atoms with E-state index < -0.39 is 0 Å². The summed E-state index contributed by atoms with van der Waals surface area (Å²) in [6.07, 6.45) is 1.93. The van der Waals surface area contributed by atoms with Crippen molar-refractivity contribution in [2.45, 2.75) is 6.61 Å². The smallest absolute Gasteiger partial charge is 0.260 e. The van der Waals surface area contributed by atoms with Crippen molar-refractivity contribution in [1.29, 1.82) is 0 Å². The highest BCUT2D eigenvalue weighted by atomic mass is 16.3. The Bertz CT molecular complexity index is 955. The van der Waals surface area contributed by atoms with Crippen LogP contribution in [0.2, 0.25) is 0 Å². The molecule has 4 rings (SSSR count). The molecule has 1 saturated heterocycles. The number of fused-ring (bicyclic) bond motifs is 1. The second-order valence-corrected chi connectivity index (χ2v) is 6.18. The number of rotatable bonds is 3. The van der Waals surface area contributed by atoms with Gasteiger partial charge < -0.3 is 14.9 Å². The van der Waals surface area contributed by atoms with E-state index in [2.05, 4.69) is 24.9 Å². The van der Waals surface area contributed by atoms with Crippen LogP contribution in [0.15, 0.2) is 35.3 Å². The van der Waals surface area contributed by atoms with Crippen molar-refractivity contribution in [3.05, 3.63) is 46.4 Å². The van der Waals surface area contributed by atoms with Crippen LogP contribution in [0, 0.1) is 0 Å². The molecule has 0 spiro atoms. The van der Waals surface area contributed by atoms with Gasteiger partial charge in [-0.15, -0.1) is 0 Å². The van der Waals surface area contributed by atoms with Gasteiger partial charge in [0, 0.05) is 51.1 Å². The second kappa shape index (κ2) is 6.21. The van der Waals surface area contributed by atoms with E-state index in [-0.39, 0.29) is 12.2 Å². The largest absolute Gasteiger partial charge is 0.392 e. The SMILES string of the molecule is Cn1ccc(N2CCN(c3nc4c(CO)cccc4c(=O)[nH]3)CC2)n1. The van der Waals surface area contributed by atoms with Crippen LogP contribution in [-0.2, 0) is 13.7 Å². The molecule has 0 saturated carbocycles. The zero-order chi connectivity index (χ0) is 17.4. The molecule has 3 aromatic rings. The molecular weight excluding hydrogens is 320 g/mol. The first-order valence-corrected chi connectivity index (χ1v) is 8.28. The van der Waals surface area contributed by atoms with Gasteiger partial charge in [-0.2, -0.15) is 5.10 Å². The number of benzene rings is 1. The van der Waals surface area contributed by atoms with Crippen molar-refractivity contribution in [2.75, 3.05) is 36.0 Å². The van der Waals surface area contributed by atoms with Crippen molar-refractivity contribution < 1.29 is 5.11 Å². The molecule has 1 aromatic carbocycles. The summed E-state index contributed by atoms with van der Waals surface area (Å²) in [5, 5.41) is 14.4. The Hall–Kier alpha value is -2.87. The van der Waals surface area contributed by atoms with Gasteiger partial charge >= 0.3 is 0 Å². The number of nitrogens with zero attached hydrogens (tertiary/aromatic N) is 5. The van der Waals surface area contributed by atoms with Gasteiger partial charge in [0.05, 0.1) is 17.5 Å². The van der Waals surface area contributed by atoms with Gasteiger partial charge in [-0.25, -0.2) is 4.98 Å². The molecule has 3 heterocycles. The normalized spacial score (nSPS) is 15.1. The van der Waals surface area contributed by atoms with Gasteiger partial charge in [0.15, 0.2) is 5.82 Å². The Morgan fingerprint density at radius 1 is 1.16 bits per heavy atom. The number of aryl methyl sites for hydroxylation is 1. The van der Waals surface area contributed by atoms with Gasteiger partial charge in [0.2, 0.25) is 5.95 Å². The number of piperazine rings is 1. The lowest BCUT2D eigenvalue weighted by Gasteiger charge is -2.35. The van der Waals surface area contributed by atoms with Gasteiger partial charge in [-0.1, -0.05) is 12.1 Å². The Balaban J connectivity index is 1.60. The minimum atomic E-state index is -0.178. The molecule has 0 aliphatic carbocycles. The summed E-state index contributed by atoms with van der Waals surface area (Å²) < 4.78 is 1.79. The van der Waals surface area contributed by atoms with Crippen molar-refractivity contribution in [1.82, 2.24) is 19.7 Å². The lowest BCUT2D eigenvalue weighted by atomic mass is 10.1. The zero-order valence-corrected chi connectivity index (χ0v) is 14.0. The Morgan fingerprint density at radius 3 is 2.60 bits per heavy atom. The summed E-state index contributed by atoms with van der Waals surface area (Å²) in [6.45, 7) is 2.96. The van der Waals surface area contributed by atoms with E-state index in [1.165, 1.54) is 0 Å². The molecule has 1 aliphatic rings. The van der Waals surface area contributed by atoms with Gasteiger partial charge in [0.1, 0.15) is 0 Å². The Kier molecular flexibility index (Phi) is 3.89. The fourth-order valence-corrected chi connectivity index (χ4v) is 3.21. The van der Waals surface area contributed by atoms with Crippen molar-refractivity contribution in [2.24, 2.45) is 7.05 Å². The average molecular weight is 340 g/mol. The van der Waals surface area contributed by atoms with Crippen LogP contribution in [-0.4, -0.2) is 51.0 Å². The first-order valence-electron chi connectivity index (χ1n) is 8.28. The lowest BCUT2D eigenvalue weighted by Crippen LogP contribution is -2.47. The van der Waals surface area contributed by atoms with Crippen LogP contribution in [0.5, 0.6) is 0 Å². The van der Waals surface area contributed by atoms with Gasteiger partial charge in [0.25, 0.3) is 5.56 Å². The number of nitrogens with one attached hydrogen (secondary N) is 1. The van der Waals surface area contributed by atoms with E-state index in [0.717, 1.165) is 32.0 Å². The van der Waals surface area contributed by atoms with Gasteiger partial charge in [-0.05, 0) is 6.07 Å². The fraction of sp³-hybridized carbons (Fsp3) is 0.353. The minimum Gasteiger partial charge on any atom is -0.392 e. The van der Waals surface area contributed by atoms with E-state index in [1.54, 1.807) is 22.9 Å². The van der Waals surface area contributed by atoms with Crippen LogP contribution in [0.3, 0.4) is 0 Å².